The van der Waals surface area contributed by atoms with Crippen molar-refractivity contribution in [3.8, 4) is 0 Å². The number of rotatable bonds is 4. The highest BCUT2D eigenvalue weighted by molar-refractivity contribution is 7.91. The van der Waals surface area contributed by atoms with Crippen molar-refractivity contribution in [2.24, 2.45) is 0 Å². The van der Waals surface area contributed by atoms with E-state index in [4.69, 9.17) is 0 Å². The van der Waals surface area contributed by atoms with Gasteiger partial charge >= 0.3 is 0 Å². The third-order valence-corrected chi connectivity index (χ3v) is 5.30. The average molecular weight is 260 g/mol. The topological polar surface area (TPSA) is 66.5 Å². The molecule has 17 heavy (non-hydrogen) atoms. The summed E-state index contributed by atoms with van der Waals surface area (Å²) in [4.78, 5) is 13.5. The van der Waals surface area contributed by atoms with Crippen molar-refractivity contribution in [3.05, 3.63) is 0 Å². The maximum Gasteiger partial charge on any atom is 0.236 e. The number of carbonyl (C=O) groups is 1. The summed E-state index contributed by atoms with van der Waals surface area (Å²) in [6.07, 6.45) is 3.49. The van der Waals surface area contributed by atoms with Crippen molar-refractivity contribution >= 4 is 15.7 Å². The maximum absolute atomic E-state index is 11.7. The Morgan fingerprint density at radius 2 is 1.82 bits per heavy atom. The molecule has 1 N–H and O–H groups in total. The summed E-state index contributed by atoms with van der Waals surface area (Å²) in [5, 5.41) is 3.17. The fraction of sp³-hybridized carbons (Fsp3) is 0.909. The molecule has 6 heteroatoms. The smallest absolute Gasteiger partial charge is 0.236 e. The van der Waals surface area contributed by atoms with E-state index in [1.807, 2.05) is 7.05 Å². The van der Waals surface area contributed by atoms with E-state index in [1.54, 1.807) is 4.90 Å². The number of amides is 1. The molecule has 1 aliphatic carbocycles. The van der Waals surface area contributed by atoms with Crippen LogP contribution in [0.4, 0.5) is 0 Å². The Kier molecular flexibility index (Phi) is 3.73. The number of likely N-dealkylation sites (N-methyl/N-ethyl adjacent to an activating group) is 1. The molecule has 0 aromatic rings. The predicted octanol–water partition coefficient (Wildman–Crippen LogP) is -0.226. The Balaban J connectivity index is 1.70. The van der Waals surface area contributed by atoms with E-state index >= 15 is 0 Å². The molecule has 1 saturated carbocycles. The lowest BCUT2D eigenvalue weighted by Gasteiger charge is -2.24. The Morgan fingerprint density at radius 3 is 2.35 bits per heavy atom. The zero-order valence-corrected chi connectivity index (χ0v) is 11.0. The summed E-state index contributed by atoms with van der Waals surface area (Å²) in [5.41, 5.74) is 0. The Bertz CT molecular complexity index is 376. The van der Waals surface area contributed by atoms with Gasteiger partial charge < -0.3 is 10.2 Å². The van der Waals surface area contributed by atoms with Crippen LogP contribution in [-0.4, -0.2) is 56.4 Å². The van der Waals surface area contributed by atoms with Gasteiger partial charge in [0.05, 0.1) is 18.1 Å². The maximum atomic E-state index is 11.7. The van der Waals surface area contributed by atoms with Gasteiger partial charge in [-0.05, 0) is 25.7 Å². The summed E-state index contributed by atoms with van der Waals surface area (Å²) < 4.78 is 22.5. The number of hydrogen-bond acceptors (Lipinski definition) is 4. The van der Waals surface area contributed by atoms with E-state index in [-0.39, 0.29) is 23.5 Å². The van der Waals surface area contributed by atoms with Gasteiger partial charge in [0.25, 0.3) is 0 Å². The number of sulfone groups is 1. The zero-order valence-electron chi connectivity index (χ0n) is 10.2. The fourth-order valence-electron chi connectivity index (χ4n) is 2.12. The standard InChI is InChI=1S/C11H20N2O3S/c1-13(10-2-3-10)11(14)8-12-9-4-6-17(15,16)7-5-9/h9-10,12H,2-8H2,1H3. The minimum absolute atomic E-state index is 0.112. The highest BCUT2D eigenvalue weighted by Gasteiger charge is 2.30. The van der Waals surface area contributed by atoms with Crippen LogP contribution in [0.25, 0.3) is 0 Å². The van der Waals surface area contributed by atoms with Crippen molar-refractivity contribution in [3.63, 3.8) is 0 Å². The second-order valence-corrected chi connectivity index (χ2v) is 7.35. The van der Waals surface area contributed by atoms with Crippen molar-refractivity contribution in [2.75, 3.05) is 25.1 Å². The number of hydrogen-bond donors (Lipinski definition) is 1. The molecule has 1 heterocycles. The van der Waals surface area contributed by atoms with E-state index in [0.717, 1.165) is 12.8 Å². The number of nitrogens with zero attached hydrogens (tertiary/aromatic N) is 1. The van der Waals surface area contributed by atoms with Gasteiger partial charge in [0.15, 0.2) is 0 Å². The molecule has 0 atom stereocenters. The molecule has 2 fully saturated rings. The van der Waals surface area contributed by atoms with Gasteiger partial charge in [0.1, 0.15) is 9.84 Å². The zero-order chi connectivity index (χ0) is 12.5. The quantitative estimate of drug-likeness (QED) is 0.758. The molecule has 0 bridgehead atoms. The molecule has 1 aliphatic heterocycles. The van der Waals surface area contributed by atoms with Crippen LogP contribution < -0.4 is 5.32 Å². The van der Waals surface area contributed by atoms with Gasteiger partial charge in [0.2, 0.25) is 5.91 Å². The van der Waals surface area contributed by atoms with Crippen LogP contribution in [0.1, 0.15) is 25.7 Å². The largest absolute Gasteiger partial charge is 0.342 e. The normalized spacial score (nSPS) is 24.5. The SMILES string of the molecule is CN(C(=O)CNC1CCS(=O)(=O)CC1)C1CC1. The van der Waals surface area contributed by atoms with Crippen LogP contribution in [0.3, 0.4) is 0 Å². The molecule has 0 aromatic heterocycles. The first-order valence-corrected chi connectivity index (χ1v) is 7.99. The lowest BCUT2D eigenvalue weighted by atomic mass is 10.1. The van der Waals surface area contributed by atoms with Crippen LogP contribution in [0.2, 0.25) is 0 Å². The first kappa shape index (κ1) is 12.8. The van der Waals surface area contributed by atoms with E-state index in [0.29, 0.717) is 25.4 Å². The average Bonchev–Trinajstić information content (AvgIpc) is 3.10. The first-order valence-electron chi connectivity index (χ1n) is 6.17. The predicted molar refractivity (Wildman–Crippen MR) is 65.5 cm³/mol. The van der Waals surface area contributed by atoms with E-state index < -0.39 is 9.84 Å². The second-order valence-electron chi connectivity index (χ2n) is 5.04. The molecule has 1 saturated heterocycles. The Hall–Kier alpha value is -0.620. The van der Waals surface area contributed by atoms with Gasteiger partial charge in [0, 0.05) is 19.1 Å². The summed E-state index contributed by atoms with van der Waals surface area (Å²) in [5.74, 6) is 0.607. The molecule has 2 aliphatic rings. The molecular weight excluding hydrogens is 240 g/mol. The van der Waals surface area contributed by atoms with Crippen LogP contribution in [0.15, 0.2) is 0 Å². The Morgan fingerprint density at radius 1 is 1.24 bits per heavy atom. The lowest BCUT2D eigenvalue weighted by Crippen LogP contribution is -2.43. The number of carbonyl (C=O) groups excluding carboxylic acids is 1. The van der Waals surface area contributed by atoms with Crippen LogP contribution in [-0.2, 0) is 14.6 Å². The lowest BCUT2D eigenvalue weighted by molar-refractivity contribution is -0.129. The van der Waals surface area contributed by atoms with E-state index in [1.165, 1.54) is 0 Å². The minimum atomic E-state index is -2.81. The van der Waals surface area contributed by atoms with Crippen molar-refractivity contribution in [1.29, 1.82) is 0 Å². The molecule has 98 valence electrons. The third kappa shape index (κ3) is 3.67. The number of nitrogens with one attached hydrogen (secondary N) is 1. The minimum Gasteiger partial charge on any atom is -0.342 e. The van der Waals surface area contributed by atoms with Gasteiger partial charge in [-0.2, -0.15) is 0 Å². The summed E-state index contributed by atoms with van der Waals surface area (Å²) in [6, 6.07) is 0.617. The molecule has 1 amide bonds. The van der Waals surface area contributed by atoms with Crippen LogP contribution in [0.5, 0.6) is 0 Å². The van der Waals surface area contributed by atoms with Crippen LogP contribution >= 0.6 is 0 Å². The van der Waals surface area contributed by atoms with Crippen molar-refractivity contribution < 1.29 is 13.2 Å². The second kappa shape index (κ2) is 4.94. The van der Waals surface area contributed by atoms with Crippen LogP contribution in [0, 0.1) is 0 Å². The molecule has 0 spiro atoms. The molecule has 0 unspecified atom stereocenters. The summed E-state index contributed by atoms with van der Waals surface area (Å²) in [7, 11) is -0.969. The molecule has 0 aromatic carbocycles. The summed E-state index contributed by atoms with van der Waals surface area (Å²) in [6.45, 7) is 0.331. The van der Waals surface area contributed by atoms with Crippen molar-refractivity contribution in [2.45, 2.75) is 37.8 Å². The summed E-state index contributed by atoms with van der Waals surface area (Å²) >= 11 is 0. The van der Waals surface area contributed by atoms with Gasteiger partial charge in [-0.15, -0.1) is 0 Å². The fourth-order valence-corrected chi connectivity index (χ4v) is 3.61. The highest BCUT2D eigenvalue weighted by atomic mass is 32.2. The molecule has 2 rings (SSSR count). The molecule has 5 nitrogen and oxygen atoms in total. The first-order chi connectivity index (χ1) is 7.98. The monoisotopic (exact) mass is 260 g/mol. The van der Waals surface area contributed by atoms with Gasteiger partial charge in [-0.25, -0.2) is 8.42 Å². The third-order valence-electron chi connectivity index (χ3n) is 3.58. The molecular formula is C11H20N2O3S. The van der Waals surface area contributed by atoms with Gasteiger partial charge in [-0.1, -0.05) is 0 Å². The van der Waals surface area contributed by atoms with Gasteiger partial charge in [-0.3, -0.25) is 4.79 Å². The highest BCUT2D eigenvalue weighted by Crippen LogP contribution is 2.25. The van der Waals surface area contributed by atoms with E-state index in [9.17, 15) is 13.2 Å². The Labute approximate surface area is 102 Å². The van der Waals surface area contributed by atoms with Crippen molar-refractivity contribution in [1.82, 2.24) is 10.2 Å². The van der Waals surface area contributed by atoms with E-state index in [2.05, 4.69) is 5.32 Å². The molecule has 0 radical (unpaired) electrons.